The van der Waals surface area contributed by atoms with E-state index in [-0.39, 0.29) is 18.7 Å². The minimum atomic E-state index is -1.07. The number of hydrogen-bond acceptors (Lipinski definition) is 5. The van der Waals surface area contributed by atoms with Crippen LogP contribution in [0, 0.1) is 0 Å². The predicted molar refractivity (Wildman–Crippen MR) is 161 cm³/mol. The van der Waals surface area contributed by atoms with Crippen LogP contribution in [0.15, 0.2) is 91.3 Å². The second-order valence-corrected chi connectivity index (χ2v) is 10.1. The zero-order valence-corrected chi connectivity index (χ0v) is 23.5. The fourth-order valence-corrected chi connectivity index (χ4v) is 4.52. The van der Waals surface area contributed by atoms with Crippen molar-refractivity contribution >= 4 is 11.9 Å². The molecule has 0 aliphatic carbocycles. The quantitative estimate of drug-likeness (QED) is 0.163. The zero-order chi connectivity index (χ0) is 28.9. The second kappa shape index (κ2) is 15.3. The lowest BCUT2D eigenvalue weighted by atomic mass is 10.0. The number of amides is 1. The van der Waals surface area contributed by atoms with Gasteiger partial charge in [0.15, 0.2) is 5.82 Å². The lowest BCUT2D eigenvalue weighted by Gasteiger charge is -2.15. The Morgan fingerprint density at radius 2 is 1.44 bits per heavy atom. The standard InChI is InChI=1S/C34H37N3O4/c1-2-3-4-5-9-20-41-30-18-16-27(17-19-30)29-23-35-33(36-24-29)28-14-12-26(13-15-28)21-31(34(39)40)37-32(38)22-25-10-7-6-8-11-25/h6-8,10-19,23-24,31H,2-5,9,20-22H2,1H3,(H,37,38)(H,39,40)/t31-/m0/s1. The third kappa shape index (κ3) is 9.28. The van der Waals surface area contributed by atoms with Crippen molar-refractivity contribution in [1.29, 1.82) is 0 Å². The Bertz CT molecular complexity index is 1370. The van der Waals surface area contributed by atoms with Gasteiger partial charge in [-0.1, -0.05) is 99.3 Å². The summed E-state index contributed by atoms with van der Waals surface area (Å²) in [7, 11) is 0. The molecule has 0 aliphatic rings. The van der Waals surface area contributed by atoms with Gasteiger partial charge in [-0.15, -0.1) is 0 Å². The van der Waals surface area contributed by atoms with E-state index in [1.807, 2.05) is 78.9 Å². The van der Waals surface area contributed by atoms with Crippen LogP contribution < -0.4 is 10.1 Å². The van der Waals surface area contributed by atoms with Crippen molar-refractivity contribution in [2.24, 2.45) is 0 Å². The molecule has 4 rings (SSSR count). The largest absolute Gasteiger partial charge is 0.494 e. The Morgan fingerprint density at radius 1 is 0.780 bits per heavy atom. The van der Waals surface area contributed by atoms with Crippen molar-refractivity contribution in [2.45, 2.75) is 57.9 Å². The Morgan fingerprint density at radius 3 is 2.10 bits per heavy atom. The molecule has 1 heterocycles. The monoisotopic (exact) mass is 551 g/mol. The van der Waals surface area contributed by atoms with Crippen molar-refractivity contribution in [3.63, 3.8) is 0 Å². The summed E-state index contributed by atoms with van der Waals surface area (Å²) in [6, 6.07) is 23.6. The van der Waals surface area contributed by atoms with E-state index >= 15 is 0 Å². The first kappa shape index (κ1) is 29.5. The van der Waals surface area contributed by atoms with Gasteiger partial charge in [-0.3, -0.25) is 4.79 Å². The number of carbonyl (C=O) groups is 2. The van der Waals surface area contributed by atoms with Crippen LogP contribution in [0.25, 0.3) is 22.5 Å². The molecule has 7 heteroatoms. The van der Waals surface area contributed by atoms with Gasteiger partial charge >= 0.3 is 5.97 Å². The first-order valence-corrected chi connectivity index (χ1v) is 14.2. The highest BCUT2D eigenvalue weighted by Crippen LogP contribution is 2.23. The molecule has 0 fully saturated rings. The third-order valence-corrected chi connectivity index (χ3v) is 6.85. The Kier molecular flexibility index (Phi) is 11.0. The number of benzene rings is 3. The maximum atomic E-state index is 12.4. The number of carboxylic acid groups (broad SMARTS) is 1. The second-order valence-electron chi connectivity index (χ2n) is 10.1. The Hall–Kier alpha value is -4.52. The average molecular weight is 552 g/mol. The summed E-state index contributed by atoms with van der Waals surface area (Å²) in [6.07, 6.45) is 9.96. The number of carboxylic acids is 1. The maximum Gasteiger partial charge on any atom is 0.326 e. The molecule has 0 radical (unpaired) electrons. The van der Waals surface area contributed by atoms with Gasteiger partial charge in [0, 0.05) is 29.9 Å². The molecular weight excluding hydrogens is 514 g/mol. The van der Waals surface area contributed by atoms with E-state index in [0.29, 0.717) is 5.82 Å². The molecule has 0 aliphatic heterocycles. The predicted octanol–water partition coefficient (Wildman–Crippen LogP) is 6.51. The van der Waals surface area contributed by atoms with E-state index in [2.05, 4.69) is 22.2 Å². The number of nitrogens with zero attached hydrogens (tertiary/aromatic N) is 2. The maximum absolute atomic E-state index is 12.4. The van der Waals surface area contributed by atoms with E-state index in [4.69, 9.17) is 4.74 Å². The summed E-state index contributed by atoms with van der Waals surface area (Å²) in [5.41, 5.74) is 4.37. The van der Waals surface area contributed by atoms with Crippen LogP contribution in [0.2, 0.25) is 0 Å². The van der Waals surface area contributed by atoms with Crippen LogP contribution in [0.3, 0.4) is 0 Å². The van der Waals surface area contributed by atoms with Crippen LogP contribution in [0.1, 0.15) is 50.2 Å². The number of nitrogens with one attached hydrogen (secondary N) is 1. The lowest BCUT2D eigenvalue weighted by molar-refractivity contribution is -0.141. The molecule has 1 aromatic heterocycles. The van der Waals surface area contributed by atoms with Gasteiger partial charge in [-0.25, -0.2) is 14.8 Å². The fourth-order valence-electron chi connectivity index (χ4n) is 4.52. The number of rotatable bonds is 15. The van der Waals surface area contributed by atoms with Crippen LogP contribution >= 0.6 is 0 Å². The molecule has 2 N–H and O–H groups in total. The van der Waals surface area contributed by atoms with Gasteiger partial charge in [0.25, 0.3) is 0 Å². The van der Waals surface area contributed by atoms with E-state index in [1.54, 1.807) is 12.4 Å². The van der Waals surface area contributed by atoms with Crippen molar-refractivity contribution in [3.05, 3.63) is 102 Å². The SMILES string of the molecule is CCCCCCCOc1ccc(-c2cnc(-c3ccc(C[C@H](NC(=O)Cc4ccccc4)C(=O)O)cc3)nc2)cc1. The van der Waals surface area contributed by atoms with E-state index in [0.717, 1.165) is 46.6 Å². The summed E-state index contributed by atoms with van der Waals surface area (Å²) < 4.78 is 5.86. The molecule has 0 spiro atoms. The first-order valence-electron chi connectivity index (χ1n) is 14.2. The molecule has 212 valence electrons. The van der Waals surface area contributed by atoms with Crippen LogP contribution in [0.5, 0.6) is 5.75 Å². The molecular formula is C34H37N3O4. The zero-order valence-electron chi connectivity index (χ0n) is 23.5. The molecule has 1 amide bonds. The topological polar surface area (TPSA) is 101 Å². The molecule has 3 aromatic carbocycles. The van der Waals surface area contributed by atoms with Crippen molar-refractivity contribution in [1.82, 2.24) is 15.3 Å². The molecule has 7 nitrogen and oxygen atoms in total. The summed E-state index contributed by atoms with van der Waals surface area (Å²) >= 11 is 0. The van der Waals surface area contributed by atoms with Crippen LogP contribution in [-0.2, 0) is 22.4 Å². The highest BCUT2D eigenvalue weighted by Gasteiger charge is 2.20. The van der Waals surface area contributed by atoms with Crippen LogP contribution in [0.4, 0.5) is 0 Å². The van der Waals surface area contributed by atoms with E-state index in [1.165, 1.54) is 25.7 Å². The van der Waals surface area contributed by atoms with Gasteiger partial charge in [-0.2, -0.15) is 0 Å². The van der Waals surface area contributed by atoms with E-state index in [9.17, 15) is 14.7 Å². The molecule has 4 aromatic rings. The summed E-state index contributed by atoms with van der Waals surface area (Å²) in [4.78, 5) is 33.3. The average Bonchev–Trinajstić information content (AvgIpc) is 3.00. The minimum Gasteiger partial charge on any atom is -0.494 e. The smallest absolute Gasteiger partial charge is 0.326 e. The molecule has 41 heavy (non-hydrogen) atoms. The van der Waals surface area contributed by atoms with E-state index < -0.39 is 12.0 Å². The minimum absolute atomic E-state index is 0.133. The highest BCUT2D eigenvalue weighted by atomic mass is 16.5. The van der Waals surface area contributed by atoms with Crippen molar-refractivity contribution in [3.8, 4) is 28.3 Å². The summed E-state index contributed by atoms with van der Waals surface area (Å²) in [5, 5.41) is 12.3. The number of ether oxygens (including phenoxy) is 1. The first-order chi connectivity index (χ1) is 20.0. The lowest BCUT2D eigenvalue weighted by Crippen LogP contribution is -2.43. The fraction of sp³-hybridized carbons (Fsp3) is 0.294. The number of aromatic nitrogens is 2. The molecule has 1 atom stereocenters. The Balaban J connectivity index is 1.30. The van der Waals surface area contributed by atoms with Crippen molar-refractivity contribution in [2.75, 3.05) is 6.61 Å². The normalized spacial score (nSPS) is 11.5. The van der Waals surface area contributed by atoms with Gasteiger partial charge in [0.05, 0.1) is 13.0 Å². The van der Waals surface area contributed by atoms with Crippen LogP contribution in [-0.4, -0.2) is 39.6 Å². The van der Waals surface area contributed by atoms with Gasteiger partial charge in [0.2, 0.25) is 5.91 Å². The Labute approximate surface area is 241 Å². The molecule has 0 saturated heterocycles. The number of unbranched alkanes of at least 4 members (excludes halogenated alkanes) is 4. The molecule has 0 saturated carbocycles. The van der Waals surface area contributed by atoms with Crippen molar-refractivity contribution < 1.29 is 19.4 Å². The number of hydrogen-bond donors (Lipinski definition) is 2. The van der Waals surface area contributed by atoms with Gasteiger partial charge in [0.1, 0.15) is 11.8 Å². The highest BCUT2D eigenvalue weighted by molar-refractivity contribution is 5.85. The van der Waals surface area contributed by atoms with Gasteiger partial charge in [-0.05, 0) is 35.2 Å². The summed E-state index contributed by atoms with van der Waals surface area (Å²) in [5.74, 6) is 0.0436. The van der Waals surface area contributed by atoms with Gasteiger partial charge < -0.3 is 15.2 Å². The molecule has 0 unspecified atom stereocenters. The molecule has 0 bridgehead atoms. The third-order valence-electron chi connectivity index (χ3n) is 6.85. The number of carbonyl (C=O) groups excluding carboxylic acids is 1. The number of aliphatic carboxylic acids is 1. The summed E-state index contributed by atoms with van der Waals surface area (Å²) in [6.45, 7) is 2.95.